The first-order chi connectivity index (χ1) is 10.8. The van der Waals surface area contributed by atoms with Crippen LogP contribution in [0.5, 0.6) is 0 Å². The zero-order valence-electron chi connectivity index (χ0n) is 14.2. The molecule has 1 atom stereocenters. The Morgan fingerprint density at radius 2 is 1.96 bits per heavy atom. The quantitative estimate of drug-likeness (QED) is 0.870. The average Bonchev–Trinajstić information content (AvgIpc) is 3.07. The molecule has 0 saturated carbocycles. The highest BCUT2D eigenvalue weighted by molar-refractivity contribution is 6.55. The lowest BCUT2D eigenvalue weighted by molar-refractivity contribution is 0.00578. The molecule has 1 unspecified atom stereocenters. The van der Waals surface area contributed by atoms with Crippen LogP contribution in [0.15, 0.2) is 30.1 Å². The van der Waals surface area contributed by atoms with E-state index in [9.17, 15) is 0 Å². The lowest BCUT2D eigenvalue weighted by Gasteiger charge is -2.32. The van der Waals surface area contributed by atoms with E-state index in [4.69, 9.17) is 9.31 Å². The fourth-order valence-electron chi connectivity index (χ4n) is 3.02. The predicted octanol–water partition coefficient (Wildman–Crippen LogP) is 3.00. The van der Waals surface area contributed by atoms with E-state index in [1.54, 1.807) is 6.20 Å². The van der Waals surface area contributed by atoms with E-state index in [1.807, 2.05) is 45.9 Å². The Hall–Kier alpha value is -1.24. The van der Waals surface area contributed by atoms with E-state index >= 15 is 4.39 Å². The van der Waals surface area contributed by atoms with Crippen LogP contribution in [-0.4, -0.2) is 36.4 Å². The van der Waals surface area contributed by atoms with Crippen molar-refractivity contribution >= 4 is 12.7 Å². The van der Waals surface area contributed by atoms with E-state index in [-0.39, 0.29) is 11.6 Å². The van der Waals surface area contributed by atoms with E-state index in [1.165, 1.54) is 0 Å². The number of hydrogen-bond acceptors (Lipinski definition) is 4. The molecular formula is C17H24BFN2O2. The zero-order valence-corrected chi connectivity index (χ0v) is 14.2. The summed E-state index contributed by atoms with van der Waals surface area (Å²) in [5.41, 5.74) is -0.199. The van der Waals surface area contributed by atoms with E-state index in [0.29, 0.717) is 11.3 Å². The van der Waals surface area contributed by atoms with Crippen molar-refractivity contribution < 1.29 is 13.7 Å². The summed E-state index contributed by atoms with van der Waals surface area (Å²) in [6.45, 7) is 9.35. The van der Waals surface area contributed by atoms with Crippen LogP contribution in [0.1, 0.15) is 39.8 Å². The molecule has 0 spiro atoms. The highest BCUT2D eigenvalue weighted by Gasteiger charge is 2.54. The highest BCUT2D eigenvalue weighted by atomic mass is 19.1. The van der Waals surface area contributed by atoms with Gasteiger partial charge in [0.2, 0.25) is 0 Å². The maximum atomic E-state index is 15.4. The minimum absolute atomic E-state index is 0.0870. The summed E-state index contributed by atoms with van der Waals surface area (Å²) in [5.74, 6) is 0.0870. The second kappa shape index (κ2) is 6.00. The molecule has 2 aliphatic heterocycles. The van der Waals surface area contributed by atoms with Crippen LogP contribution in [0.2, 0.25) is 0 Å². The second-order valence-electron chi connectivity index (χ2n) is 7.25. The van der Waals surface area contributed by atoms with Gasteiger partial charge in [-0.05, 0) is 52.8 Å². The first-order valence-corrected chi connectivity index (χ1v) is 8.19. The monoisotopic (exact) mass is 318 g/mol. The minimum atomic E-state index is -0.974. The number of hydrogen-bond donors (Lipinski definition) is 1. The van der Waals surface area contributed by atoms with Crippen LogP contribution >= 0.6 is 0 Å². The SMILES string of the molecule is CC1(C)OB(C(F)=C(c2ccccn2)C2CCNC2)OC1(C)C. The number of halogens is 1. The molecule has 1 aromatic rings. The molecule has 1 aromatic heterocycles. The molecule has 0 radical (unpaired) electrons. The van der Waals surface area contributed by atoms with Gasteiger partial charge in [-0.3, -0.25) is 4.98 Å². The van der Waals surface area contributed by atoms with Crippen LogP contribution in [0, 0.1) is 5.92 Å². The molecule has 23 heavy (non-hydrogen) atoms. The van der Waals surface area contributed by atoms with Crippen LogP contribution < -0.4 is 5.32 Å². The maximum Gasteiger partial charge on any atom is 0.525 e. The number of aromatic nitrogens is 1. The summed E-state index contributed by atoms with van der Waals surface area (Å²) in [6.07, 6.45) is 2.58. The number of pyridine rings is 1. The molecule has 0 aromatic carbocycles. The van der Waals surface area contributed by atoms with Gasteiger partial charge in [0.15, 0.2) is 0 Å². The third-order valence-corrected chi connectivity index (χ3v) is 5.13. The van der Waals surface area contributed by atoms with Gasteiger partial charge in [-0.2, -0.15) is 0 Å². The molecule has 1 N–H and O–H groups in total. The van der Waals surface area contributed by atoms with Crippen molar-refractivity contribution in [2.75, 3.05) is 13.1 Å². The molecule has 3 heterocycles. The Bertz CT molecular complexity index is 582. The van der Waals surface area contributed by atoms with Crippen LogP contribution in [0.25, 0.3) is 5.57 Å². The van der Waals surface area contributed by atoms with Crippen molar-refractivity contribution in [2.24, 2.45) is 5.92 Å². The summed E-state index contributed by atoms with van der Waals surface area (Å²) in [6, 6.07) is 5.56. The Morgan fingerprint density at radius 3 is 2.48 bits per heavy atom. The van der Waals surface area contributed by atoms with Gasteiger partial charge in [-0.25, -0.2) is 4.39 Å². The largest absolute Gasteiger partial charge is 0.525 e. The average molecular weight is 318 g/mol. The summed E-state index contributed by atoms with van der Waals surface area (Å²) in [4.78, 5) is 4.35. The predicted molar refractivity (Wildman–Crippen MR) is 89.3 cm³/mol. The van der Waals surface area contributed by atoms with Crippen molar-refractivity contribution in [3.63, 3.8) is 0 Å². The van der Waals surface area contributed by atoms with E-state index in [0.717, 1.165) is 19.5 Å². The lowest BCUT2D eigenvalue weighted by Crippen LogP contribution is -2.41. The normalized spacial score (nSPS) is 27.2. The Balaban J connectivity index is 1.99. The molecule has 124 valence electrons. The molecule has 2 aliphatic rings. The summed E-state index contributed by atoms with van der Waals surface area (Å²) in [7, 11) is -0.974. The van der Waals surface area contributed by atoms with Crippen LogP contribution in [0.4, 0.5) is 4.39 Å². The first kappa shape index (κ1) is 16.6. The van der Waals surface area contributed by atoms with Gasteiger partial charge in [0.25, 0.3) is 0 Å². The van der Waals surface area contributed by atoms with E-state index < -0.39 is 18.3 Å². The van der Waals surface area contributed by atoms with Crippen molar-refractivity contribution in [3.05, 3.63) is 35.8 Å². The van der Waals surface area contributed by atoms with Crippen molar-refractivity contribution in [2.45, 2.75) is 45.3 Å². The smallest absolute Gasteiger partial charge is 0.398 e. The minimum Gasteiger partial charge on any atom is -0.398 e. The standard InChI is InChI=1S/C17H24BFN2O2/c1-16(2)17(3,4)23-18(22-16)15(19)14(12-8-10-20-11-12)13-7-5-6-9-21-13/h5-7,9,12,20H,8,10-11H2,1-4H3. The van der Waals surface area contributed by atoms with Gasteiger partial charge in [0.05, 0.1) is 16.9 Å². The molecule has 0 bridgehead atoms. The van der Waals surface area contributed by atoms with E-state index in [2.05, 4.69) is 10.3 Å². The third-order valence-electron chi connectivity index (χ3n) is 5.13. The Labute approximate surface area is 137 Å². The Kier molecular flexibility index (Phi) is 4.34. The highest BCUT2D eigenvalue weighted by Crippen LogP contribution is 2.41. The third kappa shape index (κ3) is 3.07. The summed E-state index contributed by atoms with van der Waals surface area (Å²) < 4.78 is 27.1. The van der Waals surface area contributed by atoms with Crippen LogP contribution in [0.3, 0.4) is 0 Å². The molecule has 2 fully saturated rings. The van der Waals surface area contributed by atoms with Crippen molar-refractivity contribution in [1.29, 1.82) is 0 Å². The zero-order chi connectivity index (χ0) is 16.7. The maximum absolute atomic E-state index is 15.4. The van der Waals surface area contributed by atoms with Gasteiger partial charge in [0, 0.05) is 24.2 Å². The van der Waals surface area contributed by atoms with Gasteiger partial charge in [0.1, 0.15) is 5.73 Å². The van der Waals surface area contributed by atoms with Gasteiger partial charge >= 0.3 is 7.12 Å². The lowest BCUT2D eigenvalue weighted by atomic mass is 9.79. The molecule has 2 saturated heterocycles. The molecule has 6 heteroatoms. The molecule has 4 nitrogen and oxygen atoms in total. The van der Waals surface area contributed by atoms with Crippen molar-refractivity contribution in [1.82, 2.24) is 10.3 Å². The number of nitrogens with zero attached hydrogens (tertiary/aromatic N) is 1. The molecular weight excluding hydrogens is 294 g/mol. The molecule has 0 aliphatic carbocycles. The Morgan fingerprint density at radius 1 is 1.26 bits per heavy atom. The molecule has 0 amide bonds. The van der Waals surface area contributed by atoms with Crippen molar-refractivity contribution in [3.8, 4) is 0 Å². The topological polar surface area (TPSA) is 43.4 Å². The number of nitrogens with one attached hydrogen (secondary N) is 1. The van der Waals surface area contributed by atoms with Gasteiger partial charge < -0.3 is 14.6 Å². The molecule has 3 rings (SSSR count). The van der Waals surface area contributed by atoms with Crippen LogP contribution in [-0.2, 0) is 9.31 Å². The van der Waals surface area contributed by atoms with Gasteiger partial charge in [-0.1, -0.05) is 6.07 Å². The fraction of sp³-hybridized carbons (Fsp3) is 0.588. The first-order valence-electron chi connectivity index (χ1n) is 8.19. The number of rotatable bonds is 3. The summed E-state index contributed by atoms with van der Waals surface area (Å²) >= 11 is 0. The van der Waals surface area contributed by atoms with Gasteiger partial charge in [-0.15, -0.1) is 0 Å². The summed E-state index contributed by atoms with van der Waals surface area (Å²) in [5, 5.41) is 3.29. The second-order valence-corrected chi connectivity index (χ2v) is 7.25. The fourth-order valence-corrected chi connectivity index (χ4v) is 3.02.